The van der Waals surface area contributed by atoms with E-state index in [1.54, 1.807) is 0 Å². The molecule has 2 N–H and O–H groups in total. The lowest BCUT2D eigenvalue weighted by atomic mass is 9.87. The lowest BCUT2D eigenvalue weighted by Gasteiger charge is -2.22. The summed E-state index contributed by atoms with van der Waals surface area (Å²) in [7, 11) is 0. The van der Waals surface area contributed by atoms with Crippen molar-refractivity contribution in [1.82, 2.24) is 0 Å². The van der Waals surface area contributed by atoms with E-state index in [1.165, 1.54) is 0 Å². The Morgan fingerprint density at radius 1 is 1.20 bits per heavy atom. The Bertz CT molecular complexity index is 428. The Morgan fingerprint density at radius 2 is 1.92 bits per heavy atom. The van der Waals surface area contributed by atoms with Gasteiger partial charge in [-0.15, -0.1) is 0 Å². The number of unbranched alkanes of at least 4 members (excludes halogenated alkanes) is 5. The maximum absolute atomic E-state index is 12.2. The molecular weight excluding hydrogens is 316 g/mol. The normalized spacial score (nSPS) is 26.2. The molecule has 4 nitrogen and oxygen atoms in total. The van der Waals surface area contributed by atoms with Crippen molar-refractivity contribution in [3.63, 3.8) is 0 Å². The van der Waals surface area contributed by atoms with Crippen molar-refractivity contribution in [2.45, 2.75) is 96.2 Å². The molecule has 1 rings (SSSR count). The highest BCUT2D eigenvalue weighted by molar-refractivity contribution is 5.84. The van der Waals surface area contributed by atoms with Gasteiger partial charge in [0.1, 0.15) is 12.1 Å². The fraction of sp³-hybridized carbons (Fsp3) is 0.810. The van der Waals surface area contributed by atoms with Gasteiger partial charge in [0.15, 0.2) is 0 Å². The number of aliphatic hydroxyl groups is 2. The van der Waals surface area contributed by atoms with Crippen LogP contribution in [0.1, 0.15) is 84.5 Å². The first-order valence-corrected chi connectivity index (χ1v) is 9.94. The molecular formula is C21H36O4. The summed E-state index contributed by atoms with van der Waals surface area (Å²) >= 11 is 0. The summed E-state index contributed by atoms with van der Waals surface area (Å²) in [5, 5.41) is 20.5. The Morgan fingerprint density at radius 3 is 2.60 bits per heavy atom. The molecule has 0 bridgehead atoms. The summed E-state index contributed by atoms with van der Waals surface area (Å²) in [6.45, 7) is 3.95. The van der Waals surface area contributed by atoms with Crippen LogP contribution in [0.5, 0.6) is 0 Å². The molecule has 0 spiro atoms. The predicted octanol–water partition coefficient (Wildman–Crippen LogP) is 3.98. The Hall–Kier alpha value is -1.00. The van der Waals surface area contributed by atoms with Gasteiger partial charge in [0, 0.05) is 24.7 Å². The van der Waals surface area contributed by atoms with Crippen LogP contribution in [0.15, 0.2) is 12.2 Å². The van der Waals surface area contributed by atoms with E-state index < -0.39 is 11.7 Å². The second-order valence-electron chi connectivity index (χ2n) is 7.81. The number of carbonyl (C=O) groups is 2. The lowest BCUT2D eigenvalue weighted by Crippen LogP contribution is -2.23. The van der Waals surface area contributed by atoms with Crippen LogP contribution in [0, 0.1) is 11.8 Å². The summed E-state index contributed by atoms with van der Waals surface area (Å²) in [6.07, 6.45) is 13.2. The Kier molecular flexibility index (Phi) is 10.2. The van der Waals surface area contributed by atoms with Gasteiger partial charge < -0.3 is 15.0 Å². The third kappa shape index (κ3) is 8.28. The first-order chi connectivity index (χ1) is 11.9. The van der Waals surface area contributed by atoms with Crippen molar-refractivity contribution in [3.05, 3.63) is 12.2 Å². The zero-order chi connectivity index (χ0) is 18.7. The molecule has 0 aliphatic heterocycles. The molecule has 0 saturated heterocycles. The average Bonchev–Trinajstić information content (AvgIpc) is 2.82. The first kappa shape index (κ1) is 22.0. The Labute approximate surface area is 152 Å². The summed E-state index contributed by atoms with van der Waals surface area (Å²) in [5.41, 5.74) is -0.714. The number of hydrogen-bond donors (Lipinski definition) is 2. The zero-order valence-corrected chi connectivity index (χ0v) is 16.0. The molecule has 0 aromatic rings. The van der Waals surface area contributed by atoms with Crippen LogP contribution in [0.3, 0.4) is 0 Å². The van der Waals surface area contributed by atoms with E-state index in [-0.39, 0.29) is 24.0 Å². The summed E-state index contributed by atoms with van der Waals surface area (Å²) in [4.78, 5) is 22.5. The van der Waals surface area contributed by atoms with Crippen molar-refractivity contribution >= 4 is 12.1 Å². The molecule has 1 aliphatic carbocycles. The third-order valence-electron chi connectivity index (χ3n) is 5.30. The van der Waals surface area contributed by atoms with Crippen LogP contribution in [0.2, 0.25) is 0 Å². The minimum Gasteiger partial charge on any atom is -0.392 e. The van der Waals surface area contributed by atoms with E-state index >= 15 is 0 Å². The largest absolute Gasteiger partial charge is 0.392 e. The van der Waals surface area contributed by atoms with Gasteiger partial charge >= 0.3 is 0 Å². The van der Waals surface area contributed by atoms with Crippen molar-refractivity contribution in [1.29, 1.82) is 0 Å². The number of ketones is 1. The number of aldehydes is 1. The van der Waals surface area contributed by atoms with Crippen LogP contribution in [-0.2, 0) is 9.59 Å². The van der Waals surface area contributed by atoms with Gasteiger partial charge in [-0.3, -0.25) is 4.79 Å². The van der Waals surface area contributed by atoms with Crippen LogP contribution >= 0.6 is 0 Å². The van der Waals surface area contributed by atoms with Crippen molar-refractivity contribution in [2.24, 2.45) is 11.8 Å². The van der Waals surface area contributed by atoms with E-state index in [2.05, 4.69) is 6.92 Å². The monoisotopic (exact) mass is 352 g/mol. The second-order valence-corrected chi connectivity index (χ2v) is 7.81. The van der Waals surface area contributed by atoms with Gasteiger partial charge in [0.25, 0.3) is 0 Å². The van der Waals surface area contributed by atoms with Crippen LogP contribution in [0.4, 0.5) is 0 Å². The quantitative estimate of drug-likeness (QED) is 0.299. The highest BCUT2D eigenvalue weighted by Gasteiger charge is 2.39. The molecule has 1 fully saturated rings. The zero-order valence-electron chi connectivity index (χ0n) is 16.0. The van der Waals surface area contributed by atoms with Gasteiger partial charge in [-0.1, -0.05) is 51.2 Å². The van der Waals surface area contributed by atoms with E-state index in [0.717, 1.165) is 57.7 Å². The van der Waals surface area contributed by atoms with Crippen LogP contribution in [0.25, 0.3) is 0 Å². The minimum atomic E-state index is -0.714. The molecule has 25 heavy (non-hydrogen) atoms. The maximum atomic E-state index is 12.2. The molecule has 1 saturated carbocycles. The van der Waals surface area contributed by atoms with Crippen LogP contribution in [-0.4, -0.2) is 34.0 Å². The predicted molar refractivity (Wildman–Crippen MR) is 100 cm³/mol. The van der Waals surface area contributed by atoms with Crippen molar-refractivity contribution in [2.75, 3.05) is 0 Å². The lowest BCUT2D eigenvalue weighted by molar-refractivity contribution is -0.121. The molecule has 0 aromatic carbocycles. The third-order valence-corrected chi connectivity index (χ3v) is 5.30. The molecule has 0 aromatic heterocycles. The topological polar surface area (TPSA) is 74.6 Å². The van der Waals surface area contributed by atoms with E-state index in [9.17, 15) is 19.8 Å². The molecule has 4 heteroatoms. The number of Topliss-reactive ketones (excluding diaryl/α,β-unsaturated/α-hetero) is 1. The minimum absolute atomic E-state index is 0.0992. The number of hydrogen-bond acceptors (Lipinski definition) is 4. The van der Waals surface area contributed by atoms with E-state index in [4.69, 9.17) is 0 Å². The maximum Gasteiger partial charge on any atom is 0.139 e. The van der Waals surface area contributed by atoms with Gasteiger partial charge in [-0.25, -0.2) is 0 Å². The van der Waals surface area contributed by atoms with Gasteiger partial charge in [0.05, 0.1) is 11.7 Å². The average molecular weight is 353 g/mol. The fourth-order valence-electron chi connectivity index (χ4n) is 3.68. The smallest absolute Gasteiger partial charge is 0.139 e. The molecule has 4 atom stereocenters. The number of carbonyl (C=O) groups excluding carboxylic acids is 2. The molecule has 144 valence electrons. The Balaban J connectivity index is 2.46. The van der Waals surface area contributed by atoms with Gasteiger partial charge in [-0.2, -0.15) is 0 Å². The van der Waals surface area contributed by atoms with Crippen molar-refractivity contribution < 1.29 is 19.8 Å². The summed E-state index contributed by atoms with van der Waals surface area (Å²) in [6, 6.07) is 0. The van der Waals surface area contributed by atoms with E-state index in [1.807, 2.05) is 19.1 Å². The summed E-state index contributed by atoms with van der Waals surface area (Å²) < 4.78 is 0. The highest BCUT2D eigenvalue weighted by atomic mass is 16.3. The van der Waals surface area contributed by atoms with Crippen molar-refractivity contribution in [3.8, 4) is 0 Å². The standard InChI is InChI=1S/C21H36O4/c1-3-4-13-21(2,25)14-10-12-18-17(19(23)16-20(18)24)11-8-6-5-7-9-15-22/h10,12,15,17-18,20,24-25H,3-9,11,13-14,16H2,1-2H3/b12-10+/t17-,18-,20-,21?/m1/s1. The summed E-state index contributed by atoms with van der Waals surface area (Å²) in [5.74, 6) is -0.0600. The van der Waals surface area contributed by atoms with Gasteiger partial charge in [0.2, 0.25) is 0 Å². The molecule has 1 aliphatic rings. The molecule has 0 radical (unpaired) electrons. The van der Waals surface area contributed by atoms with E-state index in [0.29, 0.717) is 12.8 Å². The fourth-order valence-corrected chi connectivity index (χ4v) is 3.68. The molecule has 0 heterocycles. The van der Waals surface area contributed by atoms with Gasteiger partial charge in [-0.05, 0) is 32.6 Å². The highest BCUT2D eigenvalue weighted by Crippen LogP contribution is 2.34. The first-order valence-electron chi connectivity index (χ1n) is 9.94. The number of rotatable bonds is 13. The molecule has 1 unspecified atom stereocenters. The van der Waals surface area contributed by atoms with Crippen LogP contribution < -0.4 is 0 Å². The SMILES string of the molecule is CCCCC(C)(O)C/C=C/[C@H]1[C@H](O)CC(=O)[C@@H]1CCCCCCC=O. The second kappa shape index (κ2) is 11.6. The molecule has 0 amide bonds. The number of aliphatic hydroxyl groups excluding tert-OH is 1.